The SMILES string of the molecule is c1ccc(-c2ccc(-c3cc(-c4cccc(-c5ccccc5)n4)ccc3-c3ccccc3-c3cc(CCc4ccc(-c5cccc(-c6ccccc6)n5)cc4)cc(CCc4ccc(-c5cccc(-c6ccccc6)n5)cc4)c3)cc2)cc1. The average Bonchev–Trinajstić information content (AvgIpc) is 3.74. The van der Waals surface area contributed by atoms with Crippen LogP contribution in [0.25, 0.3) is 112 Å². The number of pyridine rings is 3. The van der Waals surface area contributed by atoms with Gasteiger partial charge in [0.05, 0.1) is 34.2 Å². The normalized spacial score (nSPS) is 11.1. The maximum atomic E-state index is 5.23. The van der Waals surface area contributed by atoms with Crippen LogP contribution in [0.4, 0.5) is 0 Å². The quantitative estimate of drug-likeness (QED) is 0.0968. The minimum Gasteiger partial charge on any atom is -0.248 e. The largest absolute Gasteiger partial charge is 0.248 e. The van der Waals surface area contributed by atoms with Crippen LogP contribution in [0.1, 0.15) is 22.3 Å². The summed E-state index contributed by atoms with van der Waals surface area (Å²) in [6, 6.07) is 111. The molecule has 0 N–H and O–H groups in total. The van der Waals surface area contributed by atoms with E-state index < -0.39 is 0 Å². The van der Waals surface area contributed by atoms with Gasteiger partial charge in [-0.05, 0) is 135 Å². The van der Waals surface area contributed by atoms with Crippen molar-refractivity contribution < 1.29 is 0 Å². The van der Waals surface area contributed by atoms with E-state index in [0.29, 0.717) is 0 Å². The smallest absolute Gasteiger partial charge is 0.0709 e. The van der Waals surface area contributed by atoms with Crippen molar-refractivity contribution in [3.63, 3.8) is 0 Å². The molecule has 3 heterocycles. The third-order valence-electron chi connectivity index (χ3n) is 15.6. The average molecular weight is 1050 g/mol. The highest BCUT2D eigenvalue weighted by atomic mass is 14.7. The molecule has 3 nitrogen and oxygen atoms in total. The minimum absolute atomic E-state index is 0.899. The second-order valence-electron chi connectivity index (χ2n) is 21.0. The molecule has 0 atom stereocenters. The Morgan fingerprint density at radius 3 is 0.902 bits per heavy atom. The lowest BCUT2D eigenvalue weighted by molar-refractivity contribution is 0.931. The van der Waals surface area contributed by atoms with Crippen LogP contribution in [0, 0.1) is 0 Å². The first-order chi connectivity index (χ1) is 40.6. The fourth-order valence-corrected chi connectivity index (χ4v) is 11.2. The van der Waals surface area contributed by atoms with Crippen LogP contribution >= 0.6 is 0 Å². The molecular formula is C79H59N3. The van der Waals surface area contributed by atoms with Crippen molar-refractivity contribution in [1.82, 2.24) is 15.0 Å². The Kier molecular flexibility index (Phi) is 14.9. The van der Waals surface area contributed by atoms with Gasteiger partial charge in [0.15, 0.2) is 0 Å². The van der Waals surface area contributed by atoms with Crippen LogP contribution in [0.5, 0.6) is 0 Å². The Morgan fingerprint density at radius 1 is 0.159 bits per heavy atom. The van der Waals surface area contributed by atoms with E-state index in [0.717, 1.165) is 104 Å². The van der Waals surface area contributed by atoms with E-state index in [2.05, 4.69) is 291 Å². The third kappa shape index (κ3) is 11.7. The molecular weight excluding hydrogens is 991 g/mol. The van der Waals surface area contributed by atoms with Gasteiger partial charge in [0.1, 0.15) is 0 Å². The Bertz CT molecular complexity index is 4120. The van der Waals surface area contributed by atoms with Crippen molar-refractivity contribution in [2.45, 2.75) is 25.7 Å². The highest BCUT2D eigenvalue weighted by Gasteiger charge is 2.17. The molecule has 10 aromatic carbocycles. The zero-order valence-electron chi connectivity index (χ0n) is 45.6. The van der Waals surface area contributed by atoms with Crippen molar-refractivity contribution in [2.24, 2.45) is 0 Å². The van der Waals surface area contributed by atoms with Crippen LogP contribution in [0.15, 0.2) is 309 Å². The van der Waals surface area contributed by atoms with E-state index in [-0.39, 0.29) is 0 Å². The van der Waals surface area contributed by atoms with Crippen LogP contribution in [-0.2, 0) is 25.7 Å². The molecule has 3 heteroatoms. The maximum Gasteiger partial charge on any atom is 0.0709 e. The van der Waals surface area contributed by atoms with Gasteiger partial charge in [-0.3, -0.25) is 0 Å². The molecule has 390 valence electrons. The van der Waals surface area contributed by atoms with Gasteiger partial charge in [-0.15, -0.1) is 0 Å². The number of aromatic nitrogens is 3. The molecule has 0 saturated carbocycles. The van der Waals surface area contributed by atoms with Crippen molar-refractivity contribution in [3.05, 3.63) is 332 Å². The lowest BCUT2D eigenvalue weighted by Gasteiger charge is -2.18. The molecule has 0 aliphatic rings. The number of rotatable bonds is 16. The van der Waals surface area contributed by atoms with Crippen LogP contribution in [0.2, 0.25) is 0 Å². The van der Waals surface area contributed by atoms with Crippen LogP contribution < -0.4 is 0 Å². The lowest BCUT2D eigenvalue weighted by atomic mass is 9.86. The summed E-state index contributed by atoms with van der Waals surface area (Å²) in [5.74, 6) is 0. The van der Waals surface area contributed by atoms with Gasteiger partial charge in [0.25, 0.3) is 0 Å². The fourth-order valence-electron chi connectivity index (χ4n) is 11.2. The van der Waals surface area contributed by atoms with Crippen molar-refractivity contribution in [1.29, 1.82) is 0 Å². The van der Waals surface area contributed by atoms with Gasteiger partial charge < -0.3 is 0 Å². The highest BCUT2D eigenvalue weighted by molar-refractivity contribution is 5.94. The van der Waals surface area contributed by atoms with Crippen molar-refractivity contribution in [3.8, 4) is 112 Å². The van der Waals surface area contributed by atoms with Gasteiger partial charge in [0, 0.05) is 33.4 Å². The Hall–Kier alpha value is -10.4. The van der Waals surface area contributed by atoms with E-state index in [4.69, 9.17) is 15.0 Å². The van der Waals surface area contributed by atoms with Crippen LogP contribution in [-0.4, -0.2) is 15.0 Å². The van der Waals surface area contributed by atoms with E-state index in [1.807, 2.05) is 18.2 Å². The molecule has 0 saturated heterocycles. The number of benzene rings is 10. The molecule has 0 aliphatic carbocycles. The topological polar surface area (TPSA) is 38.7 Å². The molecule has 82 heavy (non-hydrogen) atoms. The second kappa shape index (κ2) is 23.9. The van der Waals surface area contributed by atoms with Gasteiger partial charge in [-0.1, -0.05) is 267 Å². The van der Waals surface area contributed by atoms with E-state index in [1.54, 1.807) is 0 Å². The summed E-state index contributed by atoms with van der Waals surface area (Å²) in [4.78, 5) is 15.3. The Balaban J connectivity index is 0.843. The van der Waals surface area contributed by atoms with Gasteiger partial charge in [-0.25, -0.2) is 15.0 Å². The predicted molar refractivity (Wildman–Crippen MR) is 342 cm³/mol. The standard InChI is InChI=1S/C79H59N3/c1-5-18-60(19-6-1)61-46-48-62(49-47-61)73-55-68(79-33-17-30-76(82-79)65-24-11-4-12-25-65)50-51-72(73)71-27-14-13-26-70(71)69-53-58(36-34-56-38-42-66(43-39-56)77-31-15-28-74(80-77)63-20-7-2-8-21-63)52-59(54-69)37-35-57-40-44-67(45-41-57)78-32-16-29-75(81-78)64-22-9-3-10-23-64/h1-33,38-55H,34-37H2. The minimum atomic E-state index is 0.899. The highest BCUT2D eigenvalue weighted by Crippen LogP contribution is 2.42. The summed E-state index contributed by atoms with van der Waals surface area (Å²) in [6.45, 7) is 0. The van der Waals surface area contributed by atoms with Gasteiger partial charge in [0.2, 0.25) is 0 Å². The number of hydrogen-bond donors (Lipinski definition) is 0. The molecule has 0 aliphatic heterocycles. The van der Waals surface area contributed by atoms with E-state index in [9.17, 15) is 0 Å². The molecule has 0 radical (unpaired) electrons. The summed E-state index contributed by atoms with van der Waals surface area (Å²) in [5.41, 5.74) is 27.1. The van der Waals surface area contributed by atoms with E-state index in [1.165, 1.54) is 55.6 Å². The molecule has 0 unspecified atom stereocenters. The summed E-state index contributed by atoms with van der Waals surface area (Å²) in [5, 5.41) is 0. The number of nitrogens with zero attached hydrogens (tertiary/aromatic N) is 3. The van der Waals surface area contributed by atoms with Crippen molar-refractivity contribution >= 4 is 0 Å². The summed E-state index contributed by atoms with van der Waals surface area (Å²) < 4.78 is 0. The van der Waals surface area contributed by atoms with Gasteiger partial charge >= 0.3 is 0 Å². The summed E-state index contributed by atoms with van der Waals surface area (Å²) in [6.07, 6.45) is 3.62. The molecule has 0 bridgehead atoms. The third-order valence-corrected chi connectivity index (χ3v) is 15.6. The molecule has 0 fully saturated rings. The van der Waals surface area contributed by atoms with Crippen LogP contribution in [0.3, 0.4) is 0 Å². The zero-order chi connectivity index (χ0) is 54.9. The molecule has 0 amide bonds. The van der Waals surface area contributed by atoms with Gasteiger partial charge in [-0.2, -0.15) is 0 Å². The predicted octanol–water partition coefficient (Wildman–Crippen LogP) is 20.1. The first-order valence-electron chi connectivity index (χ1n) is 28.4. The second-order valence-corrected chi connectivity index (χ2v) is 21.0. The molecule has 13 aromatic rings. The fraction of sp³-hybridized carbons (Fsp3) is 0.0506. The van der Waals surface area contributed by atoms with Crippen molar-refractivity contribution in [2.75, 3.05) is 0 Å². The monoisotopic (exact) mass is 1050 g/mol. The first-order valence-corrected chi connectivity index (χ1v) is 28.4. The zero-order valence-corrected chi connectivity index (χ0v) is 45.6. The van der Waals surface area contributed by atoms with E-state index >= 15 is 0 Å². The molecule has 13 rings (SSSR count). The molecule has 3 aromatic heterocycles. The Morgan fingerprint density at radius 2 is 0.463 bits per heavy atom. The lowest BCUT2D eigenvalue weighted by Crippen LogP contribution is -1.98. The number of hydrogen-bond acceptors (Lipinski definition) is 3. The summed E-state index contributed by atoms with van der Waals surface area (Å²) in [7, 11) is 0. The molecule has 0 spiro atoms. The summed E-state index contributed by atoms with van der Waals surface area (Å²) >= 11 is 0. The number of aryl methyl sites for hydroxylation is 4. The Labute approximate surface area is 481 Å². The maximum absolute atomic E-state index is 5.23. The first kappa shape index (κ1) is 51.1.